The van der Waals surface area contributed by atoms with Gasteiger partial charge < -0.3 is 14.6 Å². The Kier molecular flexibility index (Phi) is 8.48. The normalized spacial score (nSPS) is 19.2. The van der Waals surface area contributed by atoms with Gasteiger partial charge in [-0.25, -0.2) is 0 Å². The molecule has 1 aliphatic carbocycles. The number of carbonyl (C=O) groups is 1. The standard InChI is InChI=1S/C27H33NO4/c1-4-23(29)27-22(17-21(18-24(27)30)20-10-8-7-9-11-20)28-15-14-19-12-13-25(31-5-2)26(16-19)32-6-3/h7-13,16,21,29H,4-6,14-15,17-18H2,1-3H3/b27-23-,28-22?. The lowest BCUT2D eigenvalue weighted by Gasteiger charge is -2.26. The van der Waals surface area contributed by atoms with Crippen molar-refractivity contribution in [3.63, 3.8) is 0 Å². The average Bonchev–Trinajstić information content (AvgIpc) is 2.81. The van der Waals surface area contributed by atoms with Crippen LogP contribution < -0.4 is 9.47 Å². The van der Waals surface area contributed by atoms with Crippen LogP contribution in [0.3, 0.4) is 0 Å². The zero-order valence-electron chi connectivity index (χ0n) is 19.3. The monoisotopic (exact) mass is 435 g/mol. The number of Topliss-reactive ketones (excluding diaryl/α,β-unsaturated/α-hetero) is 1. The number of hydrogen-bond donors (Lipinski definition) is 1. The summed E-state index contributed by atoms with van der Waals surface area (Å²) in [6, 6.07) is 16.0. The summed E-state index contributed by atoms with van der Waals surface area (Å²) < 4.78 is 11.4. The fourth-order valence-electron chi connectivity index (χ4n) is 4.07. The van der Waals surface area contributed by atoms with E-state index < -0.39 is 0 Å². The molecule has 0 bridgehead atoms. The lowest BCUT2D eigenvalue weighted by Crippen LogP contribution is -2.27. The molecule has 3 rings (SSSR count). The molecule has 2 aromatic rings. The number of rotatable bonds is 9. The van der Waals surface area contributed by atoms with Crippen LogP contribution in [-0.4, -0.2) is 36.4 Å². The minimum absolute atomic E-state index is 0.0251. The fourth-order valence-corrected chi connectivity index (χ4v) is 4.07. The lowest BCUT2D eigenvalue weighted by molar-refractivity contribution is -0.115. The van der Waals surface area contributed by atoms with Crippen LogP contribution in [0.5, 0.6) is 11.5 Å². The Balaban J connectivity index is 1.80. The van der Waals surface area contributed by atoms with Crippen LogP contribution in [0, 0.1) is 0 Å². The smallest absolute Gasteiger partial charge is 0.168 e. The third-order valence-electron chi connectivity index (χ3n) is 5.64. The van der Waals surface area contributed by atoms with Crippen LogP contribution in [0.15, 0.2) is 64.9 Å². The van der Waals surface area contributed by atoms with E-state index in [1.165, 1.54) is 0 Å². The zero-order chi connectivity index (χ0) is 22.9. The van der Waals surface area contributed by atoms with Gasteiger partial charge in [0.05, 0.1) is 18.8 Å². The van der Waals surface area contributed by atoms with Crippen molar-refractivity contribution < 1.29 is 19.4 Å². The highest BCUT2D eigenvalue weighted by Gasteiger charge is 2.31. The number of aliphatic hydroxyl groups excluding tert-OH is 1. The molecule has 5 heteroatoms. The second-order valence-corrected chi connectivity index (χ2v) is 7.84. The molecule has 1 N–H and O–H groups in total. The number of ketones is 1. The molecule has 1 aliphatic rings. The quantitative estimate of drug-likeness (QED) is 0.397. The molecule has 0 spiro atoms. The molecule has 0 amide bonds. The van der Waals surface area contributed by atoms with Crippen LogP contribution >= 0.6 is 0 Å². The maximum absolute atomic E-state index is 12.9. The number of benzene rings is 2. The molecule has 1 saturated carbocycles. The van der Waals surface area contributed by atoms with Gasteiger partial charge in [0.15, 0.2) is 17.3 Å². The van der Waals surface area contributed by atoms with Crippen molar-refractivity contribution in [1.82, 2.24) is 0 Å². The summed E-state index contributed by atoms with van der Waals surface area (Å²) in [4.78, 5) is 17.7. The number of hydrogen-bond acceptors (Lipinski definition) is 5. The van der Waals surface area contributed by atoms with Gasteiger partial charge in [-0.05, 0) is 55.9 Å². The van der Waals surface area contributed by atoms with E-state index in [1.54, 1.807) is 0 Å². The molecule has 1 unspecified atom stereocenters. The maximum atomic E-state index is 12.9. The van der Waals surface area contributed by atoms with Crippen LogP contribution in [0.25, 0.3) is 0 Å². The third kappa shape index (κ3) is 5.78. The summed E-state index contributed by atoms with van der Waals surface area (Å²) >= 11 is 0. The van der Waals surface area contributed by atoms with Gasteiger partial charge in [-0.1, -0.05) is 43.3 Å². The first-order valence-corrected chi connectivity index (χ1v) is 11.5. The highest BCUT2D eigenvalue weighted by Crippen LogP contribution is 2.34. The van der Waals surface area contributed by atoms with Crippen molar-refractivity contribution >= 4 is 11.5 Å². The summed E-state index contributed by atoms with van der Waals surface area (Å²) in [5, 5.41) is 10.4. The van der Waals surface area contributed by atoms with Gasteiger partial charge in [-0.2, -0.15) is 0 Å². The largest absolute Gasteiger partial charge is 0.512 e. The molecule has 0 saturated heterocycles. The van der Waals surface area contributed by atoms with E-state index in [0.717, 1.165) is 22.6 Å². The van der Waals surface area contributed by atoms with E-state index in [9.17, 15) is 9.90 Å². The van der Waals surface area contributed by atoms with E-state index in [0.29, 0.717) is 56.7 Å². The van der Waals surface area contributed by atoms with Gasteiger partial charge in [0.1, 0.15) is 5.76 Å². The van der Waals surface area contributed by atoms with E-state index >= 15 is 0 Å². The molecule has 5 nitrogen and oxygen atoms in total. The Morgan fingerprint density at radius 2 is 1.72 bits per heavy atom. The van der Waals surface area contributed by atoms with E-state index in [2.05, 4.69) is 12.1 Å². The number of aliphatic imine (C=N–C) groups is 1. The highest BCUT2D eigenvalue weighted by atomic mass is 16.5. The minimum Gasteiger partial charge on any atom is -0.512 e. The predicted molar refractivity (Wildman–Crippen MR) is 128 cm³/mol. The van der Waals surface area contributed by atoms with Crippen molar-refractivity contribution in [1.29, 1.82) is 0 Å². The number of allylic oxidation sites excluding steroid dienone is 2. The third-order valence-corrected chi connectivity index (χ3v) is 5.64. The second-order valence-electron chi connectivity index (χ2n) is 7.84. The molecule has 2 aromatic carbocycles. The highest BCUT2D eigenvalue weighted by molar-refractivity contribution is 6.24. The molecule has 0 heterocycles. The van der Waals surface area contributed by atoms with E-state index in [4.69, 9.17) is 14.5 Å². The first-order chi connectivity index (χ1) is 15.6. The lowest BCUT2D eigenvalue weighted by atomic mass is 9.79. The summed E-state index contributed by atoms with van der Waals surface area (Å²) in [5.74, 6) is 1.68. The molecule has 1 fully saturated rings. The molecular formula is C27H33NO4. The summed E-state index contributed by atoms with van der Waals surface area (Å²) in [6.45, 7) is 7.44. The van der Waals surface area contributed by atoms with Gasteiger partial charge in [0.2, 0.25) is 0 Å². The van der Waals surface area contributed by atoms with E-state index in [1.807, 2.05) is 57.2 Å². The van der Waals surface area contributed by atoms with Gasteiger partial charge in [0.25, 0.3) is 0 Å². The van der Waals surface area contributed by atoms with Crippen LogP contribution in [0.4, 0.5) is 0 Å². The van der Waals surface area contributed by atoms with E-state index in [-0.39, 0.29) is 17.5 Å². The molecule has 32 heavy (non-hydrogen) atoms. The molecule has 0 aromatic heterocycles. The number of nitrogens with zero attached hydrogens (tertiary/aromatic N) is 1. The maximum Gasteiger partial charge on any atom is 0.168 e. The predicted octanol–water partition coefficient (Wildman–Crippen LogP) is 5.84. The van der Waals surface area contributed by atoms with Crippen molar-refractivity contribution in [2.24, 2.45) is 4.99 Å². The Labute approximate surface area is 190 Å². The first-order valence-electron chi connectivity index (χ1n) is 11.5. The molecule has 170 valence electrons. The molecule has 1 atom stereocenters. The fraction of sp³-hybridized carbons (Fsp3) is 0.407. The zero-order valence-corrected chi connectivity index (χ0v) is 19.3. The Bertz CT molecular complexity index is 978. The SMILES string of the molecule is CCOc1ccc(CCN=C2CC(c3ccccc3)CC(=O)/C2=C(\O)CC)cc1OCC. The molecule has 0 radical (unpaired) electrons. The topological polar surface area (TPSA) is 68.1 Å². The van der Waals surface area contributed by atoms with Gasteiger partial charge in [0, 0.05) is 25.1 Å². The Morgan fingerprint density at radius 1 is 1.00 bits per heavy atom. The van der Waals surface area contributed by atoms with Gasteiger partial charge >= 0.3 is 0 Å². The van der Waals surface area contributed by atoms with Crippen molar-refractivity contribution in [2.75, 3.05) is 19.8 Å². The van der Waals surface area contributed by atoms with Crippen LogP contribution in [0.2, 0.25) is 0 Å². The van der Waals surface area contributed by atoms with Crippen molar-refractivity contribution in [2.45, 2.75) is 52.4 Å². The number of aliphatic hydroxyl groups is 1. The molecule has 0 aliphatic heterocycles. The number of ether oxygens (including phenoxy) is 2. The molecular weight excluding hydrogens is 402 g/mol. The summed E-state index contributed by atoms with van der Waals surface area (Å²) in [5.41, 5.74) is 3.36. The van der Waals surface area contributed by atoms with Crippen molar-refractivity contribution in [3.05, 3.63) is 71.0 Å². The Hall–Kier alpha value is -3.08. The minimum atomic E-state index is -0.0251. The summed E-state index contributed by atoms with van der Waals surface area (Å²) in [6.07, 6.45) is 2.19. The van der Waals surface area contributed by atoms with Crippen LogP contribution in [-0.2, 0) is 11.2 Å². The van der Waals surface area contributed by atoms with Crippen LogP contribution in [0.1, 0.15) is 57.1 Å². The second kappa shape index (κ2) is 11.5. The van der Waals surface area contributed by atoms with Gasteiger partial charge in [-0.3, -0.25) is 9.79 Å². The average molecular weight is 436 g/mol. The van der Waals surface area contributed by atoms with Gasteiger partial charge in [-0.15, -0.1) is 0 Å². The Morgan fingerprint density at radius 3 is 2.41 bits per heavy atom. The first kappa shape index (κ1) is 23.6. The summed E-state index contributed by atoms with van der Waals surface area (Å²) in [7, 11) is 0. The van der Waals surface area contributed by atoms with Crippen molar-refractivity contribution in [3.8, 4) is 11.5 Å². The number of carbonyl (C=O) groups excluding carboxylic acids is 1.